The Bertz CT molecular complexity index is 804. The second-order valence-corrected chi connectivity index (χ2v) is 7.32. The van der Waals surface area contributed by atoms with E-state index in [1.54, 1.807) is 0 Å². The van der Waals surface area contributed by atoms with E-state index < -0.39 is 0 Å². The second kappa shape index (κ2) is 8.63. The molecular weight excluding hydrogens is 354 g/mol. The number of rotatable bonds is 5. The van der Waals surface area contributed by atoms with E-state index in [0.29, 0.717) is 19.0 Å². The van der Waals surface area contributed by atoms with Gasteiger partial charge in [0.05, 0.1) is 6.04 Å². The van der Waals surface area contributed by atoms with Gasteiger partial charge in [-0.25, -0.2) is 0 Å². The van der Waals surface area contributed by atoms with Crippen LogP contribution in [-0.4, -0.2) is 61.1 Å². The van der Waals surface area contributed by atoms with Gasteiger partial charge in [-0.05, 0) is 24.6 Å². The van der Waals surface area contributed by atoms with E-state index in [4.69, 9.17) is 9.47 Å². The molecule has 0 unspecified atom stereocenters. The highest BCUT2D eigenvalue weighted by Gasteiger charge is 2.26. The van der Waals surface area contributed by atoms with Crippen LogP contribution in [0, 0.1) is 0 Å². The Hall–Kier alpha value is -2.57. The van der Waals surface area contributed by atoms with E-state index in [0.717, 1.165) is 44.2 Å². The quantitative estimate of drug-likeness (QED) is 0.863. The zero-order valence-electron chi connectivity index (χ0n) is 16.3. The van der Waals surface area contributed by atoms with Gasteiger partial charge in [-0.2, -0.15) is 0 Å². The van der Waals surface area contributed by atoms with Crippen LogP contribution >= 0.6 is 0 Å². The van der Waals surface area contributed by atoms with Crippen molar-refractivity contribution < 1.29 is 14.3 Å². The molecule has 6 heteroatoms. The molecule has 2 heterocycles. The van der Waals surface area contributed by atoms with Gasteiger partial charge in [0.15, 0.2) is 11.5 Å². The van der Waals surface area contributed by atoms with Gasteiger partial charge in [-0.15, -0.1) is 0 Å². The number of benzene rings is 2. The van der Waals surface area contributed by atoms with Gasteiger partial charge in [0.1, 0.15) is 13.2 Å². The van der Waals surface area contributed by atoms with Crippen molar-refractivity contribution in [1.82, 2.24) is 9.80 Å². The lowest BCUT2D eigenvalue weighted by atomic mass is 10.1. The van der Waals surface area contributed by atoms with Gasteiger partial charge in [0.25, 0.3) is 0 Å². The first-order valence-corrected chi connectivity index (χ1v) is 9.90. The number of nitrogens with zero attached hydrogens (tertiary/aromatic N) is 2. The maximum Gasteiger partial charge on any atom is 0.241 e. The summed E-state index contributed by atoms with van der Waals surface area (Å²) in [6.45, 7) is 7.75. The zero-order valence-corrected chi connectivity index (χ0v) is 16.3. The molecule has 1 atom stereocenters. The molecule has 148 valence electrons. The van der Waals surface area contributed by atoms with Crippen LogP contribution in [0.25, 0.3) is 0 Å². The summed E-state index contributed by atoms with van der Waals surface area (Å²) in [4.78, 5) is 17.4. The summed E-state index contributed by atoms with van der Waals surface area (Å²) in [7, 11) is 0. The predicted molar refractivity (Wildman–Crippen MR) is 109 cm³/mol. The summed E-state index contributed by atoms with van der Waals surface area (Å²) in [6, 6.07) is 15.9. The van der Waals surface area contributed by atoms with E-state index in [9.17, 15) is 4.79 Å². The van der Waals surface area contributed by atoms with Gasteiger partial charge in [-0.1, -0.05) is 30.3 Å². The molecule has 0 aliphatic carbocycles. The van der Waals surface area contributed by atoms with Crippen LogP contribution in [0.4, 0.5) is 5.69 Å². The van der Waals surface area contributed by atoms with Crippen molar-refractivity contribution in [2.24, 2.45) is 0 Å². The Morgan fingerprint density at radius 3 is 2.46 bits per heavy atom. The average molecular weight is 381 g/mol. The lowest BCUT2D eigenvalue weighted by Gasteiger charge is -2.37. The highest BCUT2D eigenvalue weighted by Crippen LogP contribution is 2.32. The molecule has 2 aromatic carbocycles. The van der Waals surface area contributed by atoms with Crippen LogP contribution < -0.4 is 14.8 Å². The SMILES string of the molecule is C[C@H](C(=O)Nc1ccc2c(c1)OCCO2)N1CCN(Cc2ccccc2)CC1. The van der Waals surface area contributed by atoms with Crippen molar-refractivity contribution in [3.63, 3.8) is 0 Å². The predicted octanol–water partition coefficient (Wildman–Crippen LogP) is 2.60. The summed E-state index contributed by atoms with van der Waals surface area (Å²) >= 11 is 0. The second-order valence-electron chi connectivity index (χ2n) is 7.32. The first-order valence-electron chi connectivity index (χ1n) is 9.90. The molecule has 0 spiro atoms. The van der Waals surface area contributed by atoms with E-state index >= 15 is 0 Å². The molecule has 2 aliphatic rings. The number of fused-ring (bicyclic) bond motifs is 1. The Kier molecular flexibility index (Phi) is 5.78. The number of hydrogen-bond donors (Lipinski definition) is 1. The Labute approximate surface area is 166 Å². The fourth-order valence-corrected chi connectivity index (χ4v) is 3.68. The minimum Gasteiger partial charge on any atom is -0.486 e. The third-order valence-electron chi connectivity index (χ3n) is 5.39. The molecule has 2 aliphatic heterocycles. The van der Waals surface area contributed by atoms with Crippen molar-refractivity contribution in [3.8, 4) is 11.5 Å². The molecular formula is C22H27N3O3. The summed E-state index contributed by atoms with van der Waals surface area (Å²) < 4.78 is 11.1. The number of carbonyl (C=O) groups is 1. The average Bonchev–Trinajstić information content (AvgIpc) is 2.74. The smallest absolute Gasteiger partial charge is 0.241 e. The van der Waals surface area contributed by atoms with Crippen molar-refractivity contribution in [1.29, 1.82) is 0 Å². The van der Waals surface area contributed by atoms with Gasteiger partial charge >= 0.3 is 0 Å². The Morgan fingerprint density at radius 1 is 1.00 bits per heavy atom. The monoisotopic (exact) mass is 381 g/mol. The topological polar surface area (TPSA) is 54.0 Å². The lowest BCUT2D eigenvalue weighted by molar-refractivity contribution is -0.121. The third-order valence-corrected chi connectivity index (χ3v) is 5.39. The molecule has 1 amide bonds. The lowest BCUT2D eigenvalue weighted by Crippen LogP contribution is -2.52. The number of carbonyl (C=O) groups excluding carboxylic acids is 1. The summed E-state index contributed by atoms with van der Waals surface area (Å²) in [5, 5.41) is 3.01. The number of ether oxygens (including phenoxy) is 2. The van der Waals surface area contributed by atoms with Gasteiger partial charge in [0.2, 0.25) is 5.91 Å². The Morgan fingerprint density at radius 2 is 1.71 bits per heavy atom. The molecule has 2 aromatic rings. The maximum atomic E-state index is 12.7. The molecule has 0 saturated carbocycles. The van der Waals surface area contributed by atoms with Crippen LogP contribution in [0.1, 0.15) is 12.5 Å². The molecule has 6 nitrogen and oxygen atoms in total. The third kappa shape index (κ3) is 4.46. The standard InChI is InChI=1S/C22H27N3O3/c1-17(22(26)23-19-7-8-20-21(15-19)28-14-13-27-20)25-11-9-24(10-12-25)16-18-5-3-2-4-6-18/h2-8,15,17H,9-14,16H2,1H3,(H,23,26)/t17-/m1/s1. The van der Waals surface area contributed by atoms with Crippen LogP contribution in [0.5, 0.6) is 11.5 Å². The molecule has 1 N–H and O–H groups in total. The number of piperazine rings is 1. The van der Waals surface area contributed by atoms with E-state index in [-0.39, 0.29) is 11.9 Å². The first-order chi connectivity index (χ1) is 13.7. The van der Waals surface area contributed by atoms with Gasteiger partial charge < -0.3 is 14.8 Å². The van der Waals surface area contributed by atoms with Crippen LogP contribution in [-0.2, 0) is 11.3 Å². The number of anilines is 1. The number of hydrogen-bond acceptors (Lipinski definition) is 5. The van der Waals surface area contributed by atoms with E-state index in [1.807, 2.05) is 31.2 Å². The summed E-state index contributed by atoms with van der Waals surface area (Å²) in [5.41, 5.74) is 2.07. The molecule has 28 heavy (non-hydrogen) atoms. The fraction of sp³-hybridized carbons (Fsp3) is 0.409. The number of nitrogens with one attached hydrogen (secondary N) is 1. The fourth-order valence-electron chi connectivity index (χ4n) is 3.68. The van der Waals surface area contributed by atoms with Gasteiger partial charge in [-0.3, -0.25) is 14.6 Å². The highest BCUT2D eigenvalue weighted by atomic mass is 16.6. The number of amides is 1. The van der Waals surface area contributed by atoms with Crippen molar-refractivity contribution >= 4 is 11.6 Å². The van der Waals surface area contributed by atoms with Crippen molar-refractivity contribution in [3.05, 3.63) is 54.1 Å². The molecule has 0 bridgehead atoms. The van der Waals surface area contributed by atoms with Crippen LogP contribution in [0.15, 0.2) is 48.5 Å². The minimum absolute atomic E-state index is 0.00758. The maximum absolute atomic E-state index is 12.7. The van der Waals surface area contributed by atoms with E-state index in [2.05, 4.69) is 39.4 Å². The summed E-state index contributed by atoms with van der Waals surface area (Å²) in [6.07, 6.45) is 0. The van der Waals surface area contributed by atoms with Crippen LogP contribution in [0.2, 0.25) is 0 Å². The molecule has 0 radical (unpaired) electrons. The van der Waals surface area contributed by atoms with E-state index in [1.165, 1.54) is 5.56 Å². The molecule has 4 rings (SSSR count). The zero-order chi connectivity index (χ0) is 19.3. The molecule has 0 aromatic heterocycles. The normalized spacial score (nSPS) is 18.5. The first kappa shape index (κ1) is 18.8. The van der Waals surface area contributed by atoms with Crippen molar-refractivity contribution in [2.75, 3.05) is 44.7 Å². The Balaban J connectivity index is 1.29. The summed E-state index contributed by atoms with van der Waals surface area (Å²) in [5.74, 6) is 1.42. The minimum atomic E-state index is -0.174. The largest absolute Gasteiger partial charge is 0.486 e. The van der Waals surface area contributed by atoms with Gasteiger partial charge in [0, 0.05) is 44.5 Å². The molecule has 1 fully saturated rings. The van der Waals surface area contributed by atoms with Crippen LogP contribution in [0.3, 0.4) is 0 Å². The highest BCUT2D eigenvalue weighted by molar-refractivity contribution is 5.94. The van der Waals surface area contributed by atoms with Crippen molar-refractivity contribution in [2.45, 2.75) is 19.5 Å². The molecule has 1 saturated heterocycles.